The number of anilines is 2. The molecule has 1 aliphatic heterocycles. The van der Waals surface area contributed by atoms with Crippen molar-refractivity contribution in [1.82, 2.24) is 0 Å². The maximum absolute atomic E-state index is 12.8. The number of aliphatic hydroxyl groups is 1. The van der Waals surface area contributed by atoms with Crippen LogP contribution in [-0.4, -0.2) is 35.2 Å². The Morgan fingerprint density at radius 2 is 1.44 bits per heavy atom. The van der Waals surface area contributed by atoms with Crippen molar-refractivity contribution in [3.8, 4) is 0 Å². The van der Waals surface area contributed by atoms with Gasteiger partial charge in [0.2, 0.25) is 5.60 Å². The van der Waals surface area contributed by atoms with Crippen LogP contribution in [0.2, 0.25) is 0 Å². The Morgan fingerprint density at radius 3 is 2.11 bits per heavy atom. The van der Waals surface area contributed by atoms with Crippen LogP contribution in [0.25, 0.3) is 0 Å². The first-order valence-corrected chi connectivity index (χ1v) is 8.52. The smallest absolute Gasteiger partial charge is 0.336 e. The molecule has 136 valence electrons. The highest BCUT2D eigenvalue weighted by Gasteiger charge is 2.49. The molecule has 2 fully saturated rings. The molecule has 0 aromatic heterocycles. The number of carbonyl (C=O) groups excluding carboxylic acids is 4. The van der Waals surface area contributed by atoms with Crippen molar-refractivity contribution in [2.24, 2.45) is 0 Å². The van der Waals surface area contributed by atoms with Crippen LogP contribution in [0.3, 0.4) is 0 Å². The third-order valence-electron chi connectivity index (χ3n) is 4.94. The van der Waals surface area contributed by atoms with Crippen LogP contribution in [0.15, 0.2) is 54.6 Å². The Bertz CT molecular complexity index is 953. The van der Waals surface area contributed by atoms with E-state index in [1.54, 1.807) is 42.5 Å². The lowest BCUT2D eigenvalue weighted by molar-refractivity contribution is -0.145. The van der Waals surface area contributed by atoms with Gasteiger partial charge in [0.05, 0.1) is 5.69 Å². The van der Waals surface area contributed by atoms with Crippen molar-refractivity contribution >= 4 is 34.9 Å². The second-order valence-corrected chi connectivity index (χ2v) is 6.54. The summed E-state index contributed by atoms with van der Waals surface area (Å²) in [6, 6.07) is 14.1. The fraction of sp³-hybridized carbons (Fsp3) is 0.200. The van der Waals surface area contributed by atoms with Gasteiger partial charge in [-0.3, -0.25) is 19.3 Å². The summed E-state index contributed by atoms with van der Waals surface area (Å²) in [5.41, 5.74) is -1.26. The summed E-state index contributed by atoms with van der Waals surface area (Å²) in [5, 5.41) is 10.6. The van der Waals surface area contributed by atoms with E-state index in [9.17, 15) is 24.3 Å². The molecule has 1 heterocycles. The Hall–Kier alpha value is -3.32. The molecule has 0 spiro atoms. The molecular weight excluding hydrogens is 348 g/mol. The standard InChI is InChI=1S/C20H16N2O5/c23-16-9-10-17(24)20(16,27)13-5-4-8-15(11-13)21-12-18(25)22(19(21)26)14-6-2-1-3-7-14/h1-8,11,27H,9-10,12H2. The van der Waals surface area contributed by atoms with Crippen LogP contribution in [0.1, 0.15) is 18.4 Å². The number of amides is 3. The van der Waals surface area contributed by atoms with Gasteiger partial charge < -0.3 is 5.11 Å². The Balaban J connectivity index is 1.69. The molecular formula is C20H16N2O5. The van der Waals surface area contributed by atoms with Gasteiger partial charge >= 0.3 is 6.03 Å². The lowest BCUT2D eigenvalue weighted by atomic mass is 9.90. The molecule has 0 atom stereocenters. The van der Waals surface area contributed by atoms with Crippen molar-refractivity contribution in [2.75, 3.05) is 16.3 Å². The van der Waals surface area contributed by atoms with Crippen molar-refractivity contribution < 1.29 is 24.3 Å². The minimum absolute atomic E-state index is 0.0114. The third-order valence-corrected chi connectivity index (χ3v) is 4.94. The molecule has 27 heavy (non-hydrogen) atoms. The number of urea groups is 1. The Morgan fingerprint density at radius 1 is 0.815 bits per heavy atom. The van der Waals surface area contributed by atoms with E-state index < -0.39 is 23.2 Å². The Labute approximate surface area is 154 Å². The molecule has 0 bridgehead atoms. The number of nitrogens with zero attached hydrogens (tertiary/aromatic N) is 2. The van der Waals surface area contributed by atoms with E-state index >= 15 is 0 Å². The largest absolute Gasteiger partial charge is 0.371 e. The number of Topliss-reactive ketones (excluding diaryl/α,β-unsaturated/α-hetero) is 2. The molecule has 1 aliphatic carbocycles. The predicted octanol–water partition coefficient (Wildman–Crippen LogP) is 1.78. The average Bonchev–Trinajstić information content (AvgIpc) is 3.13. The summed E-state index contributed by atoms with van der Waals surface area (Å²) in [6.07, 6.45) is -0.0229. The van der Waals surface area contributed by atoms with Gasteiger partial charge in [0, 0.05) is 24.1 Å². The minimum atomic E-state index is -2.18. The zero-order chi connectivity index (χ0) is 19.2. The Kier molecular flexibility index (Phi) is 3.89. The lowest BCUT2D eigenvalue weighted by Gasteiger charge is -2.22. The number of para-hydroxylation sites is 1. The number of imide groups is 1. The second-order valence-electron chi connectivity index (χ2n) is 6.54. The van der Waals surface area contributed by atoms with E-state index in [0.29, 0.717) is 11.4 Å². The zero-order valence-electron chi connectivity index (χ0n) is 14.3. The van der Waals surface area contributed by atoms with E-state index in [1.165, 1.54) is 17.0 Å². The number of benzene rings is 2. The van der Waals surface area contributed by atoms with E-state index in [0.717, 1.165) is 4.90 Å². The molecule has 2 aromatic rings. The maximum Gasteiger partial charge on any atom is 0.336 e. The molecule has 0 unspecified atom stereocenters. The number of hydrogen-bond acceptors (Lipinski definition) is 5. The number of hydrogen-bond donors (Lipinski definition) is 1. The molecule has 3 amide bonds. The van der Waals surface area contributed by atoms with E-state index in [2.05, 4.69) is 0 Å². The van der Waals surface area contributed by atoms with E-state index in [-0.39, 0.29) is 30.9 Å². The number of carbonyl (C=O) groups is 4. The van der Waals surface area contributed by atoms with E-state index in [1.807, 2.05) is 0 Å². The summed E-state index contributed by atoms with van der Waals surface area (Å²) in [4.78, 5) is 51.7. The van der Waals surface area contributed by atoms with Crippen LogP contribution in [0, 0.1) is 0 Å². The molecule has 2 aromatic carbocycles. The molecule has 7 nitrogen and oxygen atoms in total. The fourth-order valence-corrected chi connectivity index (χ4v) is 3.50. The maximum atomic E-state index is 12.8. The van der Waals surface area contributed by atoms with Gasteiger partial charge in [-0.1, -0.05) is 30.3 Å². The normalized spacial score (nSPS) is 19.3. The van der Waals surface area contributed by atoms with Crippen LogP contribution < -0.4 is 9.80 Å². The van der Waals surface area contributed by atoms with Crippen LogP contribution in [-0.2, 0) is 20.0 Å². The molecule has 7 heteroatoms. The first-order chi connectivity index (χ1) is 12.9. The molecule has 0 radical (unpaired) electrons. The average molecular weight is 364 g/mol. The third kappa shape index (κ3) is 2.55. The van der Waals surface area contributed by atoms with Crippen molar-refractivity contribution in [2.45, 2.75) is 18.4 Å². The molecule has 2 aliphatic rings. The second kappa shape index (κ2) is 6.14. The van der Waals surface area contributed by atoms with Crippen LogP contribution >= 0.6 is 0 Å². The summed E-state index contributed by atoms with van der Waals surface area (Å²) >= 11 is 0. The summed E-state index contributed by atoms with van der Waals surface area (Å²) in [5.74, 6) is -1.50. The quantitative estimate of drug-likeness (QED) is 0.662. The van der Waals surface area contributed by atoms with Crippen molar-refractivity contribution in [1.29, 1.82) is 0 Å². The number of rotatable bonds is 3. The van der Waals surface area contributed by atoms with Gasteiger partial charge in [0.15, 0.2) is 11.6 Å². The zero-order valence-corrected chi connectivity index (χ0v) is 14.3. The van der Waals surface area contributed by atoms with Crippen molar-refractivity contribution in [3.63, 3.8) is 0 Å². The predicted molar refractivity (Wildman–Crippen MR) is 96.3 cm³/mol. The first-order valence-electron chi connectivity index (χ1n) is 8.52. The highest BCUT2D eigenvalue weighted by atomic mass is 16.3. The van der Waals surface area contributed by atoms with Gasteiger partial charge in [-0.15, -0.1) is 0 Å². The molecule has 1 saturated heterocycles. The van der Waals surface area contributed by atoms with E-state index in [4.69, 9.17) is 0 Å². The molecule has 1 N–H and O–H groups in total. The fourth-order valence-electron chi connectivity index (χ4n) is 3.50. The molecule has 1 saturated carbocycles. The van der Waals surface area contributed by atoms with Crippen LogP contribution in [0.5, 0.6) is 0 Å². The topological polar surface area (TPSA) is 95.0 Å². The van der Waals surface area contributed by atoms with Gasteiger partial charge in [0.1, 0.15) is 6.54 Å². The molecule has 4 rings (SSSR count). The minimum Gasteiger partial charge on any atom is -0.371 e. The summed E-state index contributed by atoms with van der Waals surface area (Å²) in [6.45, 7) is -0.169. The van der Waals surface area contributed by atoms with Gasteiger partial charge in [-0.05, 0) is 24.3 Å². The highest BCUT2D eigenvalue weighted by molar-refractivity contribution is 6.27. The highest BCUT2D eigenvalue weighted by Crippen LogP contribution is 2.35. The summed E-state index contributed by atoms with van der Waals surface area (Å²) < 4.78 is 0. The van der Waals surface area contributed by atoms with Crippen LogP contribution in [0.4, 0.5) is 16.2 Å². The lowest BCUT2D eigenvalue weighted by Crippen LogP contribution is -2.38. The van der Waals surface area contributed by atoms with Crippen molar-refractivity contribution in [3.05, 3.63) is 60.2 Å². The summed E-state index contributed by atoms with van der Waals surface area (Å²) in [7, 11) is 0. The monoisotopic (exact) mass is 364 g/mol. The van der Waals surface area contributed by atoms with Gasteiger partial charge in [0.25, 0.3) is 5.91 Å². The van der Waals surface area contributed by atoms with Gasteiger partial charge in [-0.25, -0.2) is 9.69 Å². The van der Waals surface area contributed by atoms with Gasteiger partial charge in [-0.2, -0.15) is 0 Å². The SMILES string of the molecule is O=C1CN(c2cccc(C3(O)C(=O)CCC3=O)c2)C(=O)N1c1ccccc1. The number of ketones is 2. The first kappa shape index (κ1) is 17.1.